The van der Waals surface area contributed by atoms with Crippen LogP contribution in [0.5, 0.6) is 0 Å². The molecule has 8 nitrogen and oxygen atoms in total. The predicted molar refractivity (Wildman–Crippen MR) is 122 cm³/mol. The van der Waals surface area contributed by atoms with Crippen molar-refractivity contribution in [3.63, 3.8) is 0 Å². The van der Waals surface area contributed by atoms with Crippen molar-refractivity contribution in [3.8, 4) is 11.5 Å². The van der Waals surface area contributed by atoms with Crippen LogP contribution in [0, 0.1) is 5.82 Å². The molecule has 4 aromatic rings. The summed E-state index contributed by atoms with van der Waals surface area (Å²) in [6.45, 7) is 0. The number of benzene rings is 2. The topological polar surface area (TPSA) is 93.0 Å². The Labute approximate surface area is 189 Å². The third-order valence-electron chi connectivity index (χ3n) is 5.23. The highest BCUT2D eigenvalue weighted by Gasteiger charge is 2.23. The molecule has 166 valence electrons. The minimum Gasteiger partial charge on any atom is -0.335 e. The van der Waals surface area contributed by atoms with Crippen LogP contribution in [0.25, 0.3) is 11.5 Å². The lowest BCUT2D eigenvalue weighted by molar-refractivity contribution is 0.102. The number of hydrogen-bond acceptors (Lipinski definition) is 3. The third kappa shape index (κ3) is 4.47. The second kappa shape index (κ2) is 8.62. The van der Waals surface area contributed by atoms with Gasteiger partial charge in [0.1, 0.15) is 17.1 Å². The highest BCUT2D eigenvalue weighted by Crippen LogP contribution is 2.23. The number of anilines is 2. The van der Waals surface area contributed by atoms with Gasteiger partial charge in [-0.25, -0.2) is 13.9 Å². The average Bonchev–Trinajstić information content (AvgIpc) is 3.27. The number of aromatic nitrogens is 3. The molecule has 1 saturated carbocycles. The van der Waals surface area contributed by atoms with Crippen LogP contribution < -0.4 is 16.0 Å². The number of para-hydroxylation sites is 1. The van der Waals surface area contributed by atoms with E-state index in [-0.39, 0.29) is 23.3 Å². The van der Waals surface area contributed by atoms with Gasteiger partial charge in [-0.05, 0) is 61.4 Å². The number of amides is 3. The molecule has 0 saturated heterocycles. The molecule has 3 amide bonds. The van der Waals surface area contributed by atoms with Gasteiger partial charge in [-0.1, -0.05) is 12.1 Å². The third-order valence-corrected chi connectivity index (χ3v) is 5.23. The molecule has 0 bridgehead atoms. The number of nitrogens with zero attached hydrogens (tertiary/aromatic N) is 3. The Morgan fingerprint density at radius 2 is 1.58 bits per heavy atom. The zero-order chi connectivity index (χ0) is 22.8. The molecule has 9 heteroatoms. The smallest absolute Gasteiger partial charge is 0.319 e. The highest BCUT2D eigenvalue weighted by atomic mass is 19.1. The van der Waals surface area contributed by atoms with E-state index in [4.69, 9.17) is 0 Å². The largest absolute Gasteiger partial charge is 0.335 e. The SMILES string of the molecule is O=C(Nc1ccc(NC(=O)c2cnn(-c3ccccc3F)c2-n2cccc2)cc1)NC1CC1. The van der Waals surface area contributed by atoms with Crippen LogP contribution in [-0.2, 0) is 0 Å². The van der Waals surface area contributed by atoms with E-state index in [0.717, 1.165) is 12.8 Å². The summed E-state index contributed by atoms with van der Waals surface area (Å²) in [5.74, 6) is -0.430. The normalized spacial score (nSPS) is 12.9. The maximum Gasteiger partial charge on any atom is 0.319 e. The van der Waals surface area contributed by atoms with E-state index in [9.17, 15) is 14.0 Å². The monoisotopic (exact) mass is 444 g/mol. The summed E-state index contributed by atoms with van der Waals surface area (Å²) in [5, 5.41) is 12.7. The van der Waals surface area contributed by atoms with E-state index in [1.807, 2.05) is 12.1 Å². The fourth-order valence-corrected chi connectivity index (χ4v) is 3.44. The highest BCUT2D eigenvalue weighted by molar-refractivity contribution is 6.06. The fraction of sp³-hybridized carbons (Fsp3) is 0.125. The molecule has 2 aromatic heterocycles. The molecule has 33 heavy (non-hydrogen) atoms. The Bertz CT molecular complexity index is 1290. The van der Waals surface area contributed by atoms with Crippen molar-refractivity contribution in [1.29, 1.82) is 0 Å². The number of halogens is 1. The molecular weight excluding hydrogens is 423 g/mol. The van der Waals surface area contributed by atoms with Crippen LogP contribution >= 0.6 is 0 Å². The Balaban J connectivity index is 1.37. The molecular formula is C24H21FN6O2. The number of carbonyl (C=O) groups excluding carboxylic acids is 2. The van der Waals surface area contributed by atoms with E-state index in [1.165, 1.54) is 16.9 Å². The lowest BCUT2D eigenvalue weighted by Crippen LogP contribution is -2.30. The van der Waals surface area contributed by atoms with E-state index < -0.39 is 11.7 Å². The van der Waals surface area contributed by atoms with Crippen LogP contribution in [-0.4, -0.2) is 32.3 Å². The Morgan fingerprint density at radius 1 is 0.909 bits per heavy atom. The van der Waals surface area contributed by atoms with E-state index in [2.05, 4.69) is 21.0 Å². The first-order chi connectivity index (χ1) is 16.1. The number of nitrogens with one attached hydrogen (secondary N) is 3. The lowest BCUT2D eigenvalue weighted by Gasteiger charge is -2.12. The van der Waals surface area contributed by atoms with E-state index in [0.29, 0.717) is 17.2 Å². The molecule has 0 spiro atoms. The van der Waals surface area contributed by atoms with Gasteiger partial charge < -0.3 is 20.5 Å². The molecule has 0 atom stereocenters. The van der Waals surface area contributed by atoms with Crippen molar-refractivity contribution in [2.75, 3.05) is 10.6 Å². The summed E-state index contributed by atoms with van der Waals surface area (Å²) < 4.78 is 17.6. The summed E-state index contributed by atoms with van der Waals surface area (Å²) in [6, 6.07) is 16.7. The van der Waals surface area contributed by atoms with Crippen molar-refractivity contribution >= 4 is 23.3 Å². The summed E-state index contributed by atoms with van der Waals surface area (Å²) in [6.07, 6.45) is 6.96. The molecule has 3 N–H and O–H groups in total. The quantitative estimate of drug-likeness (QED) is 0.413. The maximum atomic E-state index is 14.5. The van der Waals surface area contributed by atoms with Crippen LogP contribution in [0.2, 0.25) is 0 Å². The zero-order valence-corrected chi connectivity index (χ0v) is 17.5. The lowest BCUT2D eigenvalue weighted by atomic mass is 10.2. The number of urea groups is 1. The maximum absolute atomic E-state index is 14.5. The minimum absolute atomic E-state index is 0.236. The Morgan fingerprint density at radius 3 is 2.24 bits per heavy atom. The van der Waals surface area contributed by atoms with Gasteiger partial charge in [0.25, 0.3) is 5.91 Å². The van der Waals surface area contributed by atoms with Crippen molar-refractivity contribution in [2.45, 2.75) is 18.9 Å². The van der Waals surface area contributed by atoms with Gasteiger partial charge in [0.15, 0.2) is 5.82 Å². The van der Waals surface area contributed by atoms with Crippen LogP contribution in [0.3, 0.4) is 0 Å². The fourth-order valence-electron chi connectivity index (χ4n) is 3.44. The number of carbonyl (C=O) groups is 2. The van der Waals surface area contributed by atoms with Crippen LogP contribution in [0.4, 0.5) is 20.6 Å². The average molecular weight is 444 g/mol. The van der Waals surface area contributed by atoms with Gasteiger partial charge >= 0.3 is 6.03 Å². The predicted octanol–water partition coefficient (Wildman–Crippen LogP) is 4.34. The summed E-state index contributed by atoms with van der Waals surface area (Å²) in [5.41, 5.74) is 1.68. The van der Waals surface area contributed by atoms with Crippen LogP contribution in [0.15, 0.2) is 79.3 Å². The molecule has 1 aliphatic rings. The molecule has 1 aliphatic carbocycles. The van der Waals surface area contributed by atoms with Crippen molar-refractivity contribution in [1.82, 2.24) is 19.7 Å². The van der Waals surface area contributed by atoms with Gasteiger partial charge in [-0.3, -0.25) is 4.79 Å². The summed E-state index contributed by atoms with van der Waals surface area (Å²) in [7, 11) is 0. The van der Waals surface area contributed by atoms with E-state index in [1.54, 1.807) is 59.4 Å². The Kier molecular flexibility index (Phi) is 5.35. The molecule has 0 radical (unpaired) electrons. The Hall–Kier alpha value is -4.40. The molecule has 0 unspecified atom stereocenters. The summed E-state index contributed by atoms with van der Waals surface area (Å²) >= 11 is 0. The van der Waals surface area contributed by atoms with Gasteiger partial charge in [-0.15, -0.1) is 0 Å². The van der Waals surface area contributed by atoms with E-state index >= 15 is 0 Å². The van der Waals surface area contributed by atoms with Gasteiger partial charge in [0.05, 0.1) is 6.20 Å². The molecule has 2 aromatic carbocycles. The first-order valence-corrected chi connectivity index (χ1v) is 10.5. The van der Waals surface area contributed by atoms with Gasteiger partial charge in [0.2, 0.25) is 0 Å². The summed E-state index contributed by atoms with van der Waals surface area (Å²) in [4.78, 5) is 25.0. The number of rotatable bonds is 6. The van der Waals surface area contributed by atoms with Crippen LogP contribution in [0.1, 0.15) is 23.2 Å². The molecule has 2 heterocycles. The molecule has 1 fully saturated rings. The van der Waals surface area contributed by atoms with Gasteiger partial charge in [-0.2, -0.15) is 5.10 Å². The standard InChI is InChI=1S/C24H21FN6O2/c25-20-5-1-2-6-21(20)31-23(30-13-3-4-14-30)19(15-26-31)22(32)27-16-7-9-17(10-8-16)28-24(33)29-18-11-12-18/h1-10,13-15,18H,11-12H2,(H,27,32)(H2,28,29,33). The van der Waals surface area contributed by atoms with Crippen molar-refractivity contribution < 1.29 is 14.0 Å². The molecule has 0 aliphatic heterocycles. The second-order valence-corrected chi connectivity index (χ2v) is 7.74. The number of hydrogen-bond donors (Lipinski definition) is 3. The zero-order valence-electron chi connectivity index (χ0n) is 17.5. The minimum atomic E-state index is -0.449. The van der Waals surface area contributed by atoms with Crippen molar-refractivity contribution in [3.05, 3.63) is 90.6 Å². The van der Waals surface area contributed by atoms with Gasteiger partial charge in [0, 0.05) is 29.8 Å². The first kappa shape index (κ1) is 20.5. The van der Waals surface area contributed by atoms with Crippen molar-refractivity contribution in [2.24, 2.45) is 0 Å². The molecule has 5 rings (SSSR count). The first-order valence-electron chi connectivity index (χ1n) is 10.5. The second-order valence-electron chi connectivity index (χ2n) is 7.74.